The molecule has 134 valence electrons. The predicted molar refractivity (Wildman–Crippen MR) is 110 cm³/mol. The first-order chi connectivity index (χ1) is 13.2. The summed E-state index contributed by atoms with van der Waals surface area (Å²) in [6, 6.07) is 31.3. The average Bonchev–Trinajstić information content (AvgIpc) is 3.06. The highest BCUT2D eigenvalue weighted by Crippen LogP contribution is 2.40. The number of anilines is 2. The van der Waals surface area contributed by atoms with Crippen molar-refractivity contribution in [3.63, 3.8) is 0 Å². The maximum atomic E-state index is 6.28. The minimum absolute atomic E-state index is 0.596. The van der Waals surface area contributed by atoms with Crippen LogP contribution in [0.15, 0.2) is 97.2 Å². The zero-order valence-corrected chi connectivity index (χ0v) is 15.2. The molecule has 0 aliphatic carbocycles. The van der Waals surface area contributed by atoms with Crippen molar-refractivity contribution < 1.29 is 0 Å². The van der Waals surface area contributed by atoms with Gasteiger partial charge in [0.1, 0.15) is 11.4 Å². The topological polar surface area (TPSA) is 55.9 Å². The van der Waals surface area contributed by atoms with Gasteiger partial charge in [0.05, 0.1) is 11.9 Å². The van der Waals surface area contributed by atoms with E-state index in [9.17, 15) is 0 Å². The molecule has 0 amide bonds. The molecule has 3 aromatic carbocycles. The van der Waals surface area contributed by atoms with Gasteiger partial charge in [-0.25, -0.2) is 0 Å². The Hall–Kier alpha value is -3.53. The zero-order valence-electron chi connectivity index (χ0n) is 15.2. The molecule has 0 spiro atoms. The molecule has 4 heteroatoms. The molecule has 0 fully saturated rings. The molecular weight excluding hydrogens is 332 g/mol. The van der Waals surface area contributed by atoms with Gasteiger partial charge in [0.15, 0.2) is 0 Å². The van der Waals surface area contributed by atoms with E-state index in [4.69, 9.17) is 5.73 Å². The quantitative estimate of drug-likeness (QED) is 0.522. The molecule has 0 atom stereocenters. The number of nitrogens with zero attached hydrogens (tertiary/aromatic N) is 2. The number of nitrogens with one attached hydrogen (secondary N) is 1. The van der Waals surface area contributed by atoms with E-state index in [0.29, 0.717) is 5.82 Å². The summed E-state index contributed by atoms with van der Waals surface area (Å²) in [7, 11) is 1.84. The molecule has 0 saturated heterocycles. The lowest BCUT2D eigenvalue weighted by molar-refractivity contribution is 0.712. The summed E-state index contributed by atoms with van der Waals surface area (Å²) < 4.78 is 1.67. The fourth-order valence-electron chi connectivity index (χ4n) is 3.53. The van der Waals surface area contributed by atoms with Crippen molar-refractivity contribution in [1.82, 2.24) is 9.78 Å². The summed E-state index contributed by atoms with van der Waals surface area (Å²) in [4.78, 5) is 0. The fourth-order valence-corrected chi connectivity index (χ4v) is 3.53. The third-order valence-corrected chi connectivity index (χ3v) is 4.93. The van der Waals surface area contributed by atoms with Crippen LogP contribution in [0.1, 0.15) is 16.7 Å². The van der Waals surface area contributed by atoms with Crippen molar-refractivity contribution >= 4 is 11.5 Å². The van der Waals surface area contributed by atoms with E-state index in [1.807, 2.05) is 25.2 Å². The molecule has 1 heterocycles. The summed E-state index contributed by atoms with van der Waals surface area (Å²) >= 11 is 0. The van der Waals surface area contributed by atoms with E-state index in [0.717, 1.165) is 22.4 Å². The minimum atomic E-state index is -0.596. The third-order valence-electron chi connectivity index (χ3n) is 4.93. The number of hydrogen-bond donors (Lipinski definition) is 2. The van der Waals surface area contributed by atoms with Crippen LogP contribution in [0.3, 0.4) is 0 Å². The Morgan fingerprint density at radius 1 is 0.741 bits per heavy atom. The van der Waals surface area contributed by atoms with Crippen LogP contribution in [0, 0.1) is 0 Å². The number of nitrogen functional groups attached to an aromatic ring is 1. The van der Waals surface area contributed by atoms with E-state index < -0.39 is 5.54 Å². The Kier molecular flexibility index (Phi) is 4.38. The molecule has 0 unspecified atom stereocenters. The van der Waals surface area contributed by atoms with Gasteiger partial charge < -0.3 is 11.1 Å². The summed E-state index contributed by atoms with van der Waals surface area (Å²) in [6.07, 6.45) is 1.78. The lowest BCUT2D eigenvalue weighted by atomic mass is 9.77. The molecule has 3 N–H and O–H groups in total. The Morgan fingerprint density at radius 2 is 1.15 bits per heavy atom. The second-order valence-electron chi connectivity index (χ2n) is 6.54. The van der Waals surface area contributed by atoms with Crippen LogP contribution in [-0.4, -0.2) is 9.78 Å². The van der Waals surface area contributed by atoms with Crippen molar-refractivity contribution in [3.8, 4) is 0 Å². The Labute approximate surface area is 159 Å². The number of rotatable bonds is 5. The highest BCUT2D eigenvalue weighted by molar-refractivity contribution is 5.67. The predicted octanol–water partition coefficient (Wildman–Crippen LogP) is 4.41. The van der Waals surface area contributed by atoms with E-state index in [1.165, 1.54) is 0 Å². The smallest absolute Gasteiger partial charge is 0.145 e. The van der Waals surface area contributed by atoms with Gasteiger partial charge in [0.25, 0.3) is 0 Å². The molecular formula is C23H22N4. The SMILES string of the molecule is Cn1ncc(NC(c2ccccc2)(c2ccccc2)c2ccccc2)c1N. The molecule has 27 heavy (non-hydrogen) atoms. The van der Waals surface area contributed by atoms with E-state index >= 15 is 0 Å². The van der Waals surface area contributed by atoms with E-state index in [1.54, 1.807) is 10.9 Å². The van der Waals surface area contributed by atoms with Gasteiger partial charge in [-0.1, -0.05) is 91.0 Å². The summed E-state index contributed by atoms with van der Waals surface area (Å²) in [6.45, 7) is 0. The van der Waals surface area contributed by atoms with Crippen LogP contribution in [0.5, 0.6) is 0 Å². The Balaban J connectivity index is 2.01. The Morgan fingerprint density at radius 3 is 1.48 bits per heavy atom. The third kappa shape index (κ3) is 2.95. The summed E-state index contributed by atoms with van der Waals surface area (Å²) in [5.74, 6) is 0.599. The highest BCUT2D eigenvalue weighted by Gasteiger charge is 2.37. The molecule has 4 rings (SSSR count). The largest absolute Gasteiger partial charge is 0.382 e. The Bertz CT molecular complexity index is 912. The standard InChI is InChI=1S/C23H22N4/c1-27-22(24)21(17-25-27)26-23(18-11-5-2-6-12-18,19-13-7-3-8-14-19)20-15-9-4-10-16-20/h2-17,26H,24H2,1H3. The maximum absolute atomic E-state index is 6.28. The normalized spacial score (nSPS) is 11.3. The average molecular weight is 354 g/mol. The van der Waals surface area contributed by atoms with Crippen molar-refractivity contribution in [2.24, 2.45) is 7.05 Å². The molecule has 4 aromatic rings. The van der Waals surface area contributed by atoms with Crippen molar-refractivity contribution in [1.29, 1.82) is 0 Å². The highest BCUT2D eigenvalue weighted by atomic mass is 15.3. The zero-order chi connectivity index (χ0) is 18.7. The van der Waals surface area contributed by atoms with Crippen molar-refractivity contribution in [2.75, 3.05) is 11.1 Å². The van der Waals surface area contributed by atoms with Crippen LogP contribution in [0.25, 0.3) is 0 Å². The number of benzene rings is 3. The second kappa shape index (κ2) is 7.00. The van der Waals surface area contributed by atoms with Gasteiger partial charge in [0.2, 0.25) is 0 Å². The van der Waals surface area contributed by atoms with Crippen molar-refractivity contribution in [2.45, 2.75) is 5.54 Å². The number of hydrogen-bond acceptors (Lipinski definition) is 3. The van der Waals surface area contributed by atoms with Gasteiger partial charge in [-0.2, -0.15) is 5.10 Å². The van der Waals surface area contributed by atoms with Gasteiger partial charge in [0, 0.05) is 7.05 Å². The molecule has 0 radical (unpaired) electrons. The lowest BCUT2D eigenvalue weighted by Crippen LogP contribution is -2.38. The van der Waals surface area contributed by atoms with Gasteiger partial charge >= 0.3 is 0 Å². The lowest BCUT2D eigenvalue weighted by Gasteiger charge is -2.37. The molecule has 1 aromatic heterocycles. The van der Waals surface area contributed by atoms with Gasteiger partial charge in [-0.3, -0.25) is 4.68 Å². The fraction of sp³-hybridized carbons (Fsp3) is 0.0870. The maximum Gasteiger partial charge on any atom is 0.145 e. The second-order valence-corrected chi connectivity index (χ2v) is 6.54. The van der Waals surface area contributed by atoms with Gasteiger partial charge in [-0.15, -0.1) is 0 Å². The monoisotopic (exact) mass is 354 g/mol. The first kappa shape index (κ1) is 16.9. The van der Waals surface area contributed by atoms with E-state index in [-0.39, 0.29) is 0 Å². The molecule has 0 saturated carbocycles. The summed E-state index contributed by atoms with van der Waals surface area (Å²) in [5.41, 5.74) is 9.88. The van der Waals surface area contributed by atoms with Crippen LogP contribution in [-0.2, 0) is 12.6 Å². The number of nitrogens with two attached hydrogens (primary N) is 1. The minimum Gasteiger partial charge on any atom is -0.382 e. The van der Waals surface area contributed by atoms with Crippen LogP contribution < -0.4 is 11.1 Å². The molecule has 0 bridgehead atoms. The van der Waals surface area contributed by atoms with Gasteiger partial charge in [-0.05, 0) is 16.7 Å². The van der Waals surface area contributed by atoms with E-state index in [2.05, 4.69) is 83.2 Å². The number of aromatic nitrogens is 2. The molecule has 0 aliphatic rings. The number of aryl methyl sites for hydroxylation is 1. The van der Waals surface area contributed by atoms with Crippen molar-refractivity contribution in [3.05, 3.63) is 114 Å². The first-order valence-corrected chi connectivity index (χ1v) is 8.94. The van der Waals surface area contributed by atoms with Crippen LogP contribution in [0.2, 0.25) is 0 Å². The molecule has 4 nitrogen and oxygen atoms in total. The van der Waals surface area contributed by atoms with Crippen LogP contribution in [0.4, 0.5) is 11.5 Å². The molecule has 0 aliphatic heterocycles. The first-order valence-electron chi connectivity index (χ1n) is 8.94. The van der Waals surface area contributed by atoms with Crippen LogP contribution >= 0.6 is 0 Å². The summed E-state index contributed by atoms with van der Waals surface area (Å²) in [5, 5.41) is 8.03.